The molecule has 2 rings (SSSR count). The summed E-state index contributed by atoms with van der Waals surface area (Å²) in [4.78, 5) is 12.3. The van der Waals surface area contributed by atoms with E-state index in [1.54, 1.807) is 13.3 Å². The molecule has 0 aliphatic carbocycles. The van der Waals surface area contributed by atoms with E-state index in [4.69, 9.17) is 9.47 Å². The van der Waals surface area contributed by atoms with Crippen LogP contribution in [0.1, 0.15) is 25.8 Å². The molecule has 0 fully saturated rings. The van der Waals surface area contributed by atoms with Crippen LogP contribution in [0.4, 0.5) is 5.69 Å². The van der Waals surface area contributed by atoms with Gasteiger partial charge in [0, 0.05) is 5.69 Å². The Morgan fingerprint density at radius 1 is 1.08 bits per heavy atom. The molecule has 0 bridgehead atoms. The van der Waals surface area contributed by atoms with Gasteiger partial charge in [-0.25, -0.2) is 5.43 Å². The topological polar surface area (TPSA) is 72.0 Å². The fourth-order valence-corrected chi connectivity index (χ4v) is 2.31. The Morgan fingerprint density at radius 3 is 2.31 bits per heavy atom. The lowest BCUT2D eigenvalue weighted by Crippen LogP contribution is -2.36. The maximum absolute atomic E-state index is 12.3. The van der Waals surface area contributed by atoms with Crippen LogP contribution < -0.4 is 20.2 Å². The molecular formula is C20H25N3O3. The molecule has 0 spiro atoms. The first-order valence-electron chi connectivity index (χ1n) is 8.62. The second-order valence-electron chi connectivity index (χ2n) is 5.57. The number of hydrazone groups is 1. The van der Waals surface area contributed by atoms with Crippen molar-refractivity contribution in [2.75, 3.05) is 19.0 Å². The van der Waals surface area contributed by atoms with Crippen molar-refractivity contribution in [3.05, 3.63) is 54.1 Å². The molecule has 26 heavy (non-hydrogen) atoms. The van der Waals surface area contributed by atoms with Crippen molar-refractivity contribution in [1.82, 2.24) is 5.43 Å². The summed E-state index contributed by atoms with van der Waals surface area (Å²) in [5.74, 6) is 1.39. The minimum atomic E-state index is -0.374. The van der Waals surface area contributed by atoms with Crippen molar-refractivity contribution in [1.29, 1.82) is 0 Å². The summed E-state index contributed by atoms with van der Waals surface area (Å²) in [5, 5.41) is 7.22. The van der Waals surface area contributed by atoms with Gasteiger partial charge in [-0.05, 0) is 67.4 Å². The van der Waals surface area contributed by atoms with Gasteiger partial charge in [-0.3, -0.25) is 4.79 Å². The number of anilines is 1. The lowest BCUT2D eigenvalue weighted by Gasteiger charge is -2.16. The fraction of sp³-hybridized carbons (Fsp3) is 0.300. The van der Waals surface area contributed by atoms with Crippen LogP contribution in [0.5, 0.6) is 11.5 Å². The number of ether oxygens (including phenoxy) is 2. The Balaban J connectivity index is 1.89. The van der Waals surface area contributed by atoms with E-state index < -0.39 is 0 Å². The number of rotatable bonds is 9. The van der Waals surface area contributed by atoms with Crippen molar-refractivity contribution in [3.8, 4) is 11.5 Å². The van der Waals surface area contributed by atoms with Crippen molar-refractivity contribution in [2.45, 2.75) is 26.3 Å². The number of carbonyl (C=O) groups is 1. The molecular weight excluding hydrogens is 330 g/mol. The van der Waals surface area contributed by atoms with Crippen LogP contribution in [0.15, 0.2) is 53.6 Å². The predicted octanol–water partition coefficient (Wildman–Crippen LogP) is 3.43. The zero-order chi connectivity index (χ0) is 18.8. The average molecular weight is 355 g/mol. The van der Waals surface area contributed by atoms with E-state index >= 15 is 0 Å². The number of amides is 1. The highest BCUT2D eigenvalue weighted by atomic mass is 16.5. The molecule has 0 aliphatic heterocycles. The molecule has 0 unspecified atom stereocenters. The van der Waals surface area contributed by atoms with Gasteiger partial charge in [-0.15, -0.1) is 0 Å². The summed E-state index contributed by atoms with van der Waals surface area (Å²) < 4.78 is 10.5. The second kappa shape index (κ2) is 10.1. The van der Waals surface area contributed by atoms with Gasteiger partial charge in [0.05, 0.1) is 19.9 Å². The predicted molar refractivity (Wildman–Crippen MR) is 104 cm³/mol. The number of hydrogen-bond donors (Lipinski definition) is 2. The molecule has 0 aromatic heterocycles. The average Bonchev–Trinajstić information content (AvgIpc) is 2.68. The van der Waals surface area contributed by atoms with Gasteiger partial charge in [0.1, 0.15) is 17.5 Å². The third-order valence-corrected chi connectivity index (χ3v) is 3.74. The molecule has 6 nitrogen and oxygen atoms in total. The van der Waals surface area contributed by atoms with Gasteiger partial charge in [0.25, 0.3) is 5.91 Å². The summed E-state index contributed by atoms with van der Waals surface area (Å²) >= 11 is 0. The van der Waals surface area contributed by atoms with Gasteiger partial charge in [0.15, 0.2) is 0 Å². The van der Waals surface area contributed by atoms with Gasteiger partial charge in [-0.2, -0.15) is 5.10 Å². The fourth-order valence-electron chi connectivity index (χ4n) is 2.31. The van der Waals surface area contributed by atoms with Gasteiger partial charge >= 0.3 is 0 Å². The lowest BCUT2D eigenvalue weighted by molar-refractivity contribution is -0.121. The van der Waals surface area contributed by atoms with Gasteiger partial charge in [0.2, 0.25) is 0 Å². The molecule has 6 heteroatoms. The first-order valence-corrected chi connectivity index (χ1v) is 8.62. The summed E-state index contributed by atoms with van der Waals surface area (Å²) in [5.41, 5.74) is 4.31. The third-order valence-electron chi connectivity index (χ3n) is 3.74. The van der Waals surface area contributed by atoms with Crippen molar-refractivity contribution in [2.24, 2.45) is 5.10 Å². The Labute approximate surface area is 154 Å². The SMILES string of the molecule is CCOc1ccc(/C=N\NC(=O)[C@@H](CC)Nc2ccc(OC)cc2)cc1. The van der Waals surface area contributed by atoms with Crippen molar-refractivity contribution < 1.29 is 14.3 Å². The van der Waals surface area contributed by atoms with E-state index in [1.807, 2.05) is 62.4 Å². The highest BCUT2D eigenvalue weighted by Gasteiger charge is 2.15. The Hall–Kier alpha value is -3.02. The number of benzene rings is 2. The smallest absolute Gasteiger partial charge is 0.262 e. The molecule has 0 saturated carbocycles. The van der Waals surface area contributed by atoms with E-state index in [1.165, 1.54) is 0 Å². The van der Waals surface area contributed by atoms with Crippen LogP contribution >= 0.6 is 0 Å². The molecule has 1 amide bonds. The highest BCUT2D eigenvalue weighted by molar-refractivity contribution is 5.86. The Bertz CT molecular complexity index is 712. The summed E-state index contributed by atoms with van der Waals surface area (Å²) in [6, 6.07) is 14.6. The monoisotopic (exact) mass is 355 g/mol. The quantitative estimate of drug-likeness (QED) is 0.534. The third kappa shape index (κ3) is 5.81. The molecule has 0 aliphatic rings. The van der Waals surface area contributed by atoms with Gasteiger partial charge in [-0.1, -0.05) is 6.92 Å². The van der Waals surface area contributed by atoms with E-state index in [0.29, 0.717) is 13.0 Å². The molecule has 2 aromatic carbocycles. The number of nitrogens with one attached hydrogen (secondary N) is 2. The highest BCUT2D eigenvalue weighted by Crippen LogP contribution is 2.16. The van der Waals surface area contributed by atoms with Crippen molar-refractivity contribution in [3.63, 3.8) is 0 Å². The second-order valence-corrected chi connectivity index (χ2v) is 5.57. The molecule has 1 atom stereocenters. The molecule has 2 N–H and O–H groups in total. The summed E-state index contributed by atoms with van der Waals surface area (Å²) in [7, 11) is 1.62. The first kappa shape index (κ1) is 19.3. The first-order chi connectivity index (χ1) is 12.7. The number of carbonyl (C=O) groups excluding carboxylic acids is 1. The van der Waals surface area contributed by atoms with Crippen LogP contribution in [0.3, 0.4) is 0 Å². The van der Waals surface area contributed by atoms with Crippen LogP contribution in [-0.2, 0) is 4.79 Å². The van der Waals surface area contributed by atoms with Crippen LogP contribution in [0, 0.1) is 0 Å². The van der Waals surface area contributed by atoms with E-state index in [9.17, 15) is 4.79 Å². The molecule has 0 saturated heterocycles. The number of hydrogen-bond acceptors (Lipinski definition) is 5. The zero-order valence-corrected chi connectivity index (χ0v) is 15.4. The van der Waals surface area contributed by atoms with E-state index in [2.05, 4.69) is 15.8 Å². The molecule has 2 aromatic rings. The number of nitrogens with zero attached hydrogens (tertiary/aromatic N) is 1. The molecule has 0 radical (unpaired) electrons. The zero-order valence-electron chi connectivity index (χ0n) is 15.4. The summed E-state index contributed by atoms with van der Waals surface area (Å²) in [6.07, 6.45) is 2.24. The standard InChI is InChI=1S/C20H25N3O3/c1-4-19(22-16-8-12-17(25-3)13-9-16)20(24)23-21-14-15-6-10-18(11-7-15)26-5-2/h6-14,19,22H,4-5H2,1-3H3,(H,23,24)/b21-14-/t19-/m1/s1. The molecule has 0 heterocycles. The van der Waals surface area contributed by atoms with E-state index in [0.717, 1.165) is 22.7 Å². The normalized spacial score (nSPS) is 11.8. The lowest BCUT2D eigenvalue weighted by atomic mass is 10.2. The number of methoxy groups -OCH3 is 1. The Kier molecular flexibility index (Phi) is 7.49. The van der Waals surface area contributed by atoms with Gasteiger partial charge < -0.3 is 14.8 Å². The van der Waals surface area contributed by atoms with Crippen molar-refractivity contribution >= 4 is 17.8 Å². The Morgan fingerprint density at radius 2 is 1.73 bits per heavy atom. The van der Waals surface area contributed by atoms with E-state index in [-0.39, 0.29) is 11.9 Å². The minimum absolute atomic E-state index is 0.189. The van der Waals surface area contributed by atoms with Crippen LogP contribution in [0.2, 0.25) is 0 Å². The summed E-state index contributed by atoms with van der Waals surface area (Å²) in [6.45, 7) is 4.51. The van der Waals surface area contributed by atoms with Crippen LogP contribution in [0.25, 0.3) is 0 Å². The van der Waals surface area contributed by atoms with Crippen LogP contribution in [-0.4, -0.2) is 31.9 Å². The molecule has 138 valence electrons. The minimum Gasteiger partial charge on any atom is -0.497 e. The maximum atomic E-state index is 12.3. The largest absolute Gasteiger partial charge is 0.497 e. The maximum Gasteiger partial charge on any atom is 0.262 e.